The van der Waals surface area contributed by atoms with Crippen molar-refractivity contribution in [2.24, 2.45) is 0 Å². The van der Waals surface area contributed by atoms with Crippen LogP contribution in [0.15, 0.2) is 12.1 Å². The fourth-order valence-electron chi connectivity index (χ4n) is 3.16. The Morgan fingerprint density at radius 3 is 2.38 bits per heavy atom. The van der Waals surface area contributed by atoms with Crippen LogP contribution >= 0.6 is 0 Å². The number of hydrogen-bond donors (Lipinski definition) is 1. The Balaban J connectivity index is 2.28. The van der Waals surface area contributed by atoms with Gasteiger partial charge in [0.1, 0.15) is 17.3 Å². The molecule has 1 aromatic carbocycles. The van der Waals surface area contributed by atoms with E-state index in [9.17, 15) is 8.78 Å². The molecule has 0 spiro atoms. The number of rotatable bonds is 5. The second-order valence-electron chi connectivity index (χ2n) is 6.34. The smallest absolute Gasteiger partial charge is 0.149 e. The van der Waals surface area contributed by atoms with Gasteiger partial charge in [-0.05, 0) is 43.9 Å². The SMILES string of the molecule is CCC1CCC(C)N1c1c(F)cc(CNC(C)C)cc1F. The van der Waals surface area contributed by atoms with Crippen LogP contribution in [-0.4, -0.2) is 18.1 Å². The lowest BCUT2D eigenvalue weighted by atomic mass is 10.1. The number of nitrogens with one attached hydrogen (secondary N) is 1. The molecular weight excluding hydrogens is 270 g/mol. The van der Waals surface area contributed by atoms with Crippen LogP contribution in [0.3, 0.4) is 0 Å². The molecule has 2 atom stereocenters. The van der Waals surface area contributed by atoms with Crippen LogP contribution in [0.2, 0.25) is 0 Å². The van der Waals surface area contributed by atoms with Crippen molar-refractivity contribution in [3.63, 3.8) is 0 Å². The van der Waals surface area contributed by atoms with Gasteiger partial charge in [-0.25, -0.2) is 8.78 Å². The average molecular weight is 296 g/mol. The molecule has 1 aliphatic heterocycles. The Morgan fingerprint density at radius 2 is 1.86 bits per heavy atom. The Hall–Kier alpha value is -1.16. The summed E-state index contributed by atoms with van der Waals surface area (Å²) in [6, 6.07) is 3.65. The molecule has 1 aromatic rings. The van der Waals surface area contributed by atoms with E-state index >= 15 is 0 Å². The van der Waals surface area contributed by atoms with E-state index in [4.69, 9.17) is 0 Å². The van der Waals surface area contributed by atoms with Crippen LogP contribution in [0.5, 0.6) is 0 Å². The van der Waals surface area contributed by atoms with Crippen molar-refractivity contribution in [2.75, 3.05) is 4.90 Å². The summed E-state index contributed by atoms with van der Waals surface area (Å²) in [6.07, 6.45) is 2.92. The molecular formula is C17H26F2N2. The van der Waals surface area contributed by atoms with E-state index in [1.54, 1.807) is 0 Å². The van der Waals surface area contributed by atoms with Gasteiger partial charge in [0.2, 0.25) is 0 Å². The molecule has 2 nitrogen and oxygen atoms in total. The van der Waals surface area contributed by atoms with Crippen LogP contribution in [-0.2, 0) is 6.54 Å². The first kappa shape index (κ1) is 16.2. The van der Waals surface area contributed by atoms with Crippen LogP contribution in [0, 0.1) is 11.6 Å². The summed E-state index contributed by atoms with van der Waals surface area (Å²) in [5, 5.41) is 3.19. The van der Waals surface area contributed by atoms with Gasteiger partial charge >= 0.3 is 0 Å². The van der Waals surface area contributed by atoms with Crippen molar-refractivity contribution < 1.29 is 8.78 Å². The number of benzene rings is 1. The lowest BCUT2D eigenvalue weighted by Crippen LogP contribution is -2.35. The molecule has 4 heteroatoms. The van der Waals surface area contributed by atoms with E-state index in [2.05, 4.69) is 12.2 Å². The first-order valence-corrected chi connectivity index (χ1v) is 7.93. The molecule has 118 valence electrons. The molecule has 0 bridgehead atoms. The summed E-state index contributed by atoms with van der Waals surface area (Å²) < 4.78 is 28.9. The van der Waals surface area contributed by atoms with Gasteiger partial charge in [0.15, 0.2) is 0 Å². The van der Waals surface area contributed by atoms with Crippen LogP contribution in [0.4, 0.5) is 14.5 Å². The zero-order valence-electron chi connectivity index (χ0n) is 13.4. The highest BCUT2D eigenvalue weighted by Crippen LogP contribution is 2.35. The maximum absolute atomic E-state index is 14.5. The predicted molar refractivity (Wildman–Crippen MR) is 83.6 cm³/mol. The standard InChI is InChI=1S/C17H26F2N2/c1-5-14-7-6-12(4)21(14)17-15(18)8-13(9-16(17)19)10-20-11(2)3/h8-9,11-12,14,20H,5-7,10H2,1-4H3. The topological polar surface area (TPSA) is 15.3 Å². The highest BCUT2D eigenvalue weighted by molar-refractivity contribution is 5.53. The minimum absolute atomic E-state index is 0.153. The minimum atomic E-state index is -0.442. The van der Waals surface area contributed by atoms with Crippen molar-refractivity contribution >= 4 is 5.69 Å². The summed E-state index contributed by atoms with van der Waals surface area (Å²) in [5.74, 6) is -0.884. The first-order valence-electron chi connectivity index (χ1n) is 7.93. The molecule has 1 aliphatic rings. The number of nitrogens with zero attached hydrogens (tertiary/aromatic N) is 1. The Morgan fingerprint density at radius 1 is 1.24 bits per heavy atom. The maximum atomic E-state index is 14.5. The van der Waals surface area contributed by atoms with Gasteiger partial charge in [0.25, 0.3) is 0 Å². The fraction of sp³-hybridized carbons (Fsp3) is 0.647. The second-order valence-corrected chi connectivity index (χ2v) is 6.34. The van der Waals surface area contributed by atoms with Crippen molar-refractivity contribution in [2.45, 2.75) is 71.6 Å². The summed E-state index contributed by atoms with van der Waals surface area (Å²) in [7, 11) is 0. The van der Waals surface area contributed by atoms with E-state index < -0.39 is 11.6 Å². The zero-order valence-corrected chi connectivity index (χ0v) is 13.4. The maximum Gasteiger partial charge on any atom is 0.149 e. The number of halogens is 2. The zero-order chi connectivity index (χ0) is 15.6. The van der Waals surface area contributed by atoms with E-state index in [0.29, 0.717) is 18.2 Å². The van der Waals surface area contributed by atoms with Crippen LogP contribution < -0.4 is 10.2 Å². The summed E-state index contributed by atoms with van der Waals surface area (Å²) in [6.45, 7) is 8.63. The normalized spacial score (nSPS) is 22.3. The quantitative estimate of drug-likeness (QED) is 0.874. The predicted octanol–water partition coefficient (Wildman–Crippen LogP) is 4.23. The molecule has 1 saturated heterocycles. The van der Waals surface area contributed by atoms with Crippen LogP contribution in [0.25, 0.3) is 0 Å². The lowest BCUT2D eigenvalue weighted by molar-refractivity contribution is 0.534. The van der Waals surface area contributed by atoms with Crippen molar-refractivity contribution in [1.29, 1.82) is 0 Å². The van der Waals surface area contributed by atoms with Crippen LogP contribution in [0.1, 0.15) is 52.5 Å². The number of anilines is 1. The molecule has 2 unspecified atom stereocenters. The van der Waals surface area contributed by atoms with Crippen molar-refractivity contribution in [3.8, 4) is 0 Å². The third-order valence-corrected chi connectivity index (χ3v) is 4.31. The Labute approximate surface area is 126 Å². The summed E-state index contributed by atoms with van der Waals surface area (Å²) in [4.78, 5) is 1.93. The van der Waals surface area contributed by atoms with E-state index in [1.165, 1.54) is 12.1 Å². The highest BCUT2D eigenvalue weighted by atomic mass is 19.1. The monoisotopic (exact) mass is 296 g/mol. The van der Waals surface area contributed by atoms with E-state index in [-0.39, 0.29) is 17.8 Å². The molecule has 21 heavy (non-hydrogen) atoms. The van der Waals surface area contributed by atoms with Gasteiger partial charge < -0.3 is 10.2 Å². The van der Waals surface area contributed by atoms with Crippen molar-refractivity contribution in [1.82, 2.24) is 5.32 Å². The average Bonchev–Trinajstić information content (AvgIpc) is 2.77. The molecule has 0 saturated carbocycles. The molecule has 0 aromatic heterocycles. The van der Waals surface area contributed by atoms with E-state index in [1.807, 2.05) is 25.7 Å². The molecule has 0 aliphatic carbocycles. The molecule has 1 N–H and O–H groups in total. The Bertz CT molecular complexity index is 465. The van der Waals surface area contributed by atoms with Gasteiger partial charge in [0, 0.05) is 24.7 Å². The third-order valence-electron chi connectivity index (χ3n) is 4.31. The Kier molecular flexibility index (Phi) is 5.20. The van der Waals surface area contributed by atoms with Gasteiger partial charge in [0.05, 0.1) is 0 Å². The molecule has 1 heterocycles. The second kappa shape index (κ2) is 6.73. The minimum Gasteiger partial charge on any atom is -0.361 e. The first-order chi connectivity index (χ1) is 9.93. The molecule has 0 radical (unpaired) electrons. The summed E-state index contributed by atoms with van der Waals surface area (Å²) >= 11 is 0. The largest absolute Gasteiger partial charge is 0.361 e. The van der Waals surface area contributed by atoms with Gasteiger partial charge in [-0.3, -0.25) is 0 Å². The van der Waals surface area contributed by atoms with Gasteiger partial charge in [-0.1, -0.05) is 20.8 Å². The molecule has 1 fully saturated rings. The lowest BCUT2D eigenvalue weighted by Gasteiger charge is -2.31. The number of hydrogen-bond acceptors (Lipinski definition) is 2. The molecule has 0 amide bonds. The highest BCUT2D eigenvalue weighted by Gasteiger charge is 2.33. The summed E-state index contributed by atoms with van der Waals surface area (Å²) in [5.41, 5.74) is 0.808. The fourth-order valence-corrected chi connectivity index (χ4v) is 3.16. The van der Waals surface area contributed by atoms with Gasteiger partial charge in [-0.15, -0.1) is 0 Å². The third kappa shape index (κ3) is 3.54. The van der Waals surface area contributed by atoms with Crippen molar-refractivity contribution in [3.05, 3.63) is 29.3 Å². The van der Waals surface area contributed by atoms with Gasteiger partial charge in [-0.2, -0.15) is 0 Å². The molecule has 2 rings (SSSR count). The van der Waals surface area contributed by atoms with E-state index in [0.717, 1.165) is 19.3 Å².